The molecule has 3 aliphatic heterocycles. The van der Waals surface area contributed by atoms with Gasteiger partial charge in [0.2, 0.25) is 0 Å². The maximum absolute atomic E-state index is 13.6. The molecule has 0 aliphatic carbocycles. The van der Waals surface area contributed by atoms with Gasteiger partial charge in [-0.05, 0) is 38.1 Å². The summed E-state index contributed by atoms with van der Waals surface area (Å²) < 4.78 is 46.5. The summed E-state index contributed by atoms with van der Waals surface area (Å²) in [6, 6.07) is 7.39. The van der Waals surface area contributed by atoms with Gasteiger partial charge in [0.25, 0.3) is 0 Å². The van der Waals surface area contributed by atoms with Crippen LogP contribution < -0.4 is 15.8 Å². The van der Waals surface area contributed by atoms with E-state index in [9.17, 15) is 18.0 Å². The van der Waals surface area contributed by atoms with Crippen molar-refractivity contribution < 1.29 is 17.6 Å². The van der Waals surface area contributed by atoms with Crippen molar-refractivity contribution in [1.82, 2.24) is 15.1 Å². The number of anilines is 1. The third-order valence-corrected chi connectivity index (χ3v) is 6.17. The van der Waals surface area contributed by atoms with Gasteiger partial charge in [0, 0.05) is 56.2 Å². The van der Waals surface area contributed by atoms with Crippen LogP contribution in [0.25, 0.3) is 16.7 Å². The Balaban J connectivity index is 1.51. The second kappa shape index (κ2) is 7.95. The summed E-state index contributed by atoms with van der Waals surface area (Å²) >= 11 is 0. The van der Waals surface area contributed by atoms with Crippen molar-refractivity contribution in [1.29, 1.82) is 0 Å². The number of fused-ring (bicyclic) bond motifs is 2. The normalized spacial score (nSPS) is 21.5. The van der Waals surface area contributed by atoms with Crippen LogP contribution in [-0.4, -0.2) is 61.1 Å². The van der Waals surface area contributed by atoms with Crippen LogP contribution in [0.15, 0.2) is 56.6 Å². The van der Waals surface area contributed by atoms with Crippen LogP contribution in [0.1, 0.15) is 18.9 Å². The first-order valence-corrected chi connectivity index (χ1v) is 10.8. The van der Waals surface area contributed by atoms with Crippen LogP contribution in [0.5, 0.6) is 0 Å². The van der Waals surface area contributed by atoms with Crippen molar-refractivity contribution in [3.63, 3.8) is 0 Å². The number of allylic oxidation sites excluding steroid dienone is 1. The van der Waals surface area contributed by atoms with Gasteiger partial charge in [0.15, 0.2) is 11.9 Å². The highest BCUT2D eigenvalue weighted by Gasteiger charge is 2.48. The van der Waals surface area contributed by atoms with Gasteiger partial charge in [-0.1, -0.05) is 0 Å². The van der Waals surface area contributed by atoms with Crippen molar-refractivity contribution in [3.05, 3.63) is 58.3 Å². The molecular formula is C23H24F3N5O2. The Morgan fingerprint density at radius 2 is 1.97 bits per heavy atom. The molecule has 1 atom stereocenters. The highest BCUT2D eigenvalue weighted by atomic mass is 19.4. The lowest BCUT2D eigenvalue weighted by atomic mass is 10.1. The molecule has 5 rings (SSSR count). The maximum Gasteiger partial charge on any atom is 0.433 e. The standard InChI is InChI=1S/C23H24F3N5O2/c1-14-12-31-13-18(29(2)21(31)20(28-14)23(24,25)26)17-10-15-4-5-16(11-19(15)33-22(17)32)30-8-3-6-27-7-9-30/h4-5,10-13,21,27H,3,6-9H2,1-2H3. The Hall–Kier alpha value is -3.27. The summed E-state index contributed by atoms with van der Waals surface area (Å²) in [5.41, 5.74) is 0.708. The van der Waals surface area contributed by atoms with Gasteiger partial charge in [-0.25, -0.2) is 9.79 Å². The minimum absolute atomic E-state index is 0.207. The van der Waals surface area contributed by atoms with E-state index in [4.69, 9.17) is 4.42 Å². The Morgan fingerprint density at radius 1 is 1.15 bits per heavy atom. The Morgan fingerprint density at radius 3 is 2.76 bits per heavy atom. The van der Waals surface area contributed by atoms with E-state index in [0.29, 0.717) is 16.7 Å². The zero-order chi connectivity index (χ0) is 23.3. The summed E-state index contributed by atoms with van der Waals surface area (Å²) in [7, 11) is 1.52. The molecule has 0 bridgehead atoms. The van der Waals surface area contributed by atoms with E-state index >= 15 is 0 Å². The van der Waals surface area contributed by atoms with Gasteiger partial charge < -0.3 is 24.4 Å². The topological polar surface area (TPSA) is 64.3 Å². The highest BCUT2D eigenvalue weighted by Crippen LogP contribution is 2.37. The van der Waals surface area contributed by atoms with E-state index in [0.717, 1.165) is 38.3 Å². The molecule has 4 heterocycles. The number of halogens is 3. The second-order valence-electron chi connectivity index (χ2n) is 8.47. The molecule has 2 aromatic rings. The molecule has 3 aliphatic rings. The van der Waals surface area contributed by atoms with E-state index in [-0.39, 0.29) is 11.3 Å². The first-order chi connectivity index (χ1) is 15.7. The fourth-order valence-electron chi connectivity index (χ4n) is 4.61. The molecular weight excluding hydrogens is 435 g/mol. The number of nitrogens with zero attached hydrogens (tertiary/aromatic N) is 4. The van der Waals surface area contributed by atoms with E-state index in [2.05, 4.69) is 15.2 Å². The Bertz CT molecular complexity index is 1240. The van der Waals surface area contributed by atoms with Crippen LogP contribution >= 0.6 is 0 Å². The van der Waals surface area contributed by atoms with Gasteiger partial charge in [-0.3, -0.25) is 0 Å². The molecule has 1 N–H and O–H groups in total. The quantitative estimate of drug-likeness (QED) is 0.695. The highest BCUT2D eigenvalue weighted by molar-refractivity contribution is 5.98. The number of benzene rings is 1. The van der Waals surface area contributed by atoms with Crippen molar-refractivity contribution in [2.24, 2.45) is 4.99 Å². The molecule has 7 nitrogen and oxygen atoms in total. The number of hydrogen-bond donors (Lipinski definition) is 1. The number of hydrogen-bond acceptors (Lipinski definition) is 7. The molecule has 1 aromatic heterocycles. The summed E-state index contributed by atoms with van der Waals surface area (Å²) in [6.45, 7) is 5.13. The Kier molecular flexibility index (Phi) is 5.19. The SMILES string of the molecule is CC1=CN2C=C(c3cc4ccc(N5CCCNCC5)cc4oc3=O)N(C)C2C(C(F)(F)F)=N1. The number of alkyl halides is 3. The van der Waals surface area contributed by atoms with Crippen molar-refractivity contribution in [2.75, 3.05) is 38.1 Å². The number of nitrogens with one attached hydrogen (secondary N) is 1. The largest absolute Gasteiger partial charge is 0.433 e. The van der Waals surface area contributed by atoms with Crippen molar-refractivity contribution in [2.45, 2.75) is 25.7 Å². The first kappa shape index (κ1) is 21.6. The third-order valence-electron chi connectivity index (χ3n) is 6.17. The summed E-state index contributed by atoms with van der Waals surface area (Å²) in [5.74, 6) is 0. The van der Waals surface area contributed by atoms with E-state index in [1.165, 1.54) is 36.2 Å². The molecule has 10 heteroatoms. The minimum Gasteiger partial charge on any atom is -0.422 e. The van der Waals surface area contributed by atoms with Crippen LogP contribution in [-0.2, 0) is 0 Å². The zero-order valence-corrected chi connectivity index (χ0v) is 18.3. The Labute approximate surface area is 188 Å². The van der Waals surface area contributed by atoms with E-state index < -0.39 is 23.7 Å². The van der Waals surface area contributed by atoms with Crippen molar-refractivity contribution >= 4 is 28.1 Å². The molecule has 1 saturated heterocycles. The van der Waals surface area contributed by atoms with Crippen LogP contribution in [0.2, 0.25) is 0 Å². The minimum atomic E-state index is -4.59. The molecule has 0 radical (unpaired) electrons. The lowest BCUT2D eigenvalue weighted by Crippen LogP contribution is -2.49. The van der Waals surface area contributed by atoms with Crippen LogP contribution in [0.3, 0.4) is 0 Å². The second-order valence-corrected chi connectivity index (χ2v) is 8.47. The lowest BCUT2D eigenvalue weighted by Gasteiger charge is -2.33. The lowest BCUT2D eigenvalue weighted by molar-refractivity contribution is -0.0657. The maximum atomic E-state index is 13.6. The average molecular weight is 459 g/mol. The van der Waals surface area contributed by atoms with Gasteiger partial charge in [0.05, 0.1) is 17.0 Å². The molecule has 0 saturated carbocycles. The average Bonchev–Trinajstić information content (AvgIpc) is 2.93. The van der Waals surface area contributed by atoms with Gasteiger partial charge >= 0.3 is 11.8 Å². The molecule has 33 heavy (non-hydrogen) atoms. The van der Waals surface area contributed by atoms with E-state index in [1.807, 2.05) is 18.2 Å². The third kappa shape index (κ3) is 3.88. The fraction of sp³-hybridized carbons (Fsp3) is 0.391. The van der Waals surface area contributed by atoms with Gasteiger partial charge in [-0.15, -0.1) is 0 Å². The number of rotatable bonds is 2. The predicted molar refractivity (Wildman–Crippen MR) is 121 cm³/mol. The van der Waals surface area contributed by atoms with Crippen LogP contribution in [0, 0.1) is 0 Å². The first-order valence-electron chi connectivity index (χ1n) is 10.8. The molecule has 1 aromatic carbocycles. The molecule has 0 amide bonds. The number of aliphatic imine (C=N–C) groups is 1. The zero-order valence-electron chi connectivity index (χ0n) is 18.3. The molecule has 0 spiro atoms. The predicted octanol–water partition coefficient (Wildman–Crippen LogP) is 3.34. The van der Waals surface area contributed by atoms with E-state index in [1.54, 1.807) is 6.07 Å². The monoisotopic (exact) mass is 459 g/mol. The summed E-state index contributed by atoms with van der Waals surface area (Å²) in [4.78, 5) is 21.7. The molecule has 1 unspecified atom stereocenters. The van der Waals surface area contributed by atoms with Gasteiger partial charge in [0.1, 0.15) is 5.58 Å². The van der Waals surface area contributed by atoms with Gasteiger partial charge in [-0.2, -0.15) is 13.2 Å². The fourth-order valence-corrected chi connectivity index (χ4v) is 4.61. The summed E-state index contributed by atoms with van der Waals surface area (Å²) in [5, 5.41) is 4.06. The van der Waals surface area contributed by atoms with Crippen LogP contribution in [0.4, 0.5) is 18.9 Å². The molecule has 1 fully saturated rings. The smallest absolute Gasteiger partial charge is 0.422 e. The summed E-state index contributed by atoms with van der Waals surface area (Å²) in [6.07, 6.45) is -1.67. The van der Waals surface area contributed by atoms with Crippen molar-refractivity contribution in [3.8, 4) is 0 Å². The molecule has 174 valence electrons.